The Labute approximate surface area is 199 Å². The van der Waals surface area contributed by atoms with Crippen molar-refractivity contribution in [3.8, 4) is 17.4 Å². The van der Waals surface area contributed by atoms with Crippen molar-refractivity contribution < 1.29 is 18.7 Å². The first-order valence-electron chi connectivity index (χ1n) is 10.1. The fourth-order valence-corrected chi connectivity index (χ4v) is 3.84. The van der Waals surface area contributed by atoms with Gasteiger partial charge in [0, 0.05) is 18.1 Å². The van der Waals surface area contributed by atoms with Crippen LogP contribution in [0.4, 0.5) is 5.13 Å². The predicted molar refractivity (Wildman–Crippen MR) is 127 cm³/mol. The molecule has 0 aliphatic heterocycles. The average Bonchev–Trinajstić information content (AvgIpc) is 3.52. The van der Waals surface area contributed by atoms with Crippen molar-refractivity contribution in [1.29, 1.82) is 5.26 Å². The Morgan fingerprint density at radius 2 is 1.85 bits per heavy atom. The van der Waals surface area contributed by atoms with Crippen LogP contribution in [-0.4, -0.2) is 29.2 Å². The Kier molecular flexibility index (Phi) is 6.91. The van der Waals surface area contributed by atoms with Crippen LogP contribution >= 0.6 is 11.3 Å². The van der Waals surface area contributed by atoms with Crippen molar-refractivity contribution in [2.24, 2.45) is 0 Å². The summed E-state index contributed by atoms with van der Waals surface area (Å²) in [5.74, 6) is -0.178. The maximum Gasteiger partial charge on any atom is 0.337 e. The Morgan fingerprint density at radius 3 is 2.56 bits per heavy atom. The van der Waals surface area contributed by atoms with Crippen LogP contribution in [0.2, 0.25) is 0 Å². The molecule has 0 spiro atoms. The minimum absolute atomic E-state index is 0.137. The van der Waals surface area contributed by atoms with E-state index in [1.807, 2.05) is 36.4 Å². The standard InChI is InChI=1S/C25H18N4O4S/c1-32-24(31)18-9-7-17(8-10-18)21-12-11-20(33-21)14-19(15-26)23(30)27-25-29-28-22(34-25)13-16-5-3-2-4-6-16/h2-12,14H,13H2,1H3,(H,27,29,30)/b19-14-. The molecular formula is C25H18N4O4S. The van der Waals surface area contributed by atoms with E-state index in [-0.39, 0.29) is 5.57 Å². The second kappa shape index (κ2) is 10.4. The number of hydrogen-bond donors (Lipinski definition) is 1. The van der Waals surface area contributed by atoms with Crippen LogP contribution < -0.4 is 5.32 Å². The zero-order chi connectivity index (χ0) is 23.9. The lowest BCUT2D eigenvalue weighted by Gasteiger charge is -2.01. The number of rotatable bonds is 7. The van der Waals surface area contributed by atoms with Gasteiger partial charge in [-0.2, -0.15) is 5.26 Å². The number of hydrogen-bond acceptors (Lipinski definition) is 8. The highest BCUT2D eigenvalue weighted by Crippen LogP contribution is 2.25. The summed E-state index contributed by atoms with van der Waals surface area (Å²) in [5.41, 5.74) is 2.10. The molecule has 1 amide bonds. The van der Waals surface area contributed by atoms with Gasteiger partial charge in [-0.05, 0) is 29.8 Å². The molecule has 34 heavy (non-hydrogen) atoms. The van der Waals surface area contributed by atoms with Crippen LogP contribution in [-0.2, 0) is 16.0 Å². The Hall–Kier alpha value is -4.55. The molecule has 2 aromatic heterocycles. The van der Waals surface area contributed by atoms with Gasteiger partial charge in [0.15, 0.2) is 0 Å². The first-order chi connectivity index (χ1) is 16.6. The second-order valence-electron chi connectivity index (χ2n) is 7.06. The Bertz CT molecular complexity index is 1380. The maximum absolute atomic E-state index is 12.6. The van der Waals surface area contributed by atoms with E-state index in [2.05, 4.69) is 20.3 Å². The van der Waals surface area contributed by atoms with Crippen LogP contribution in [0.15, 0.2) is 76.7 Å². The van der Waals surface area contributed by atoms with E-state index in [9.17, 15) is 14.9 Å². The van der Waals surface area contributed by atoms with Gasteiger partial charge in [-0.1, -0.05) is 53.8 Å². The smallest absolute Gasteiger partial charge is 0.337 e. The summed E-state index contributed by atoms with van der Waals surface area (Å²) in [7, 11) is 1.32. The molecule has 168 valence electrons. The third-order valence-corrected chi connectivity index (χ3v) is 5.59. The Balaban J connectivity index is 1.43. The number of anilines is 1. The normalized spacial score (nSPS) is 11.0. The second-order valence-corrected chi connectivity index (χ2v) is 8.12. The molecule has 0 aliphatic rings. The number of methoxy groups -OCH3 is 1. The average molecular weight is 471 g/mol. The number of nitrogens with one attached hydrogen (secondary N) is 1. The number of carbonyl (C=O) groups excluding carboxylic acids is 2. The molecule has 0 unspecified atom stereocenters. The number of amides is 1. The zero-order valence-electron chi connectivity index (χ0n) is 18.0. The summed E-state index contributed by atoms with van der Waals surface area (Å²) in [6, 6.07) is 21.7. The van der Waals surface area contributed by atoms with Gasteiger partial charge >= 0.3 is 5.97 Å². The van der Waals surface area contributed by atoms with E-state index < -0.39 is 11.9 Å². The van der Waals surface area contributed by atoms with E-state index in [4.69, 9.17) is 4.42 Å². The number of benzene rings is 2. The lowest BCUT2D eigenvalue weighted by atomic mass is 10.1. The molecule has 0 saturated carbocycles. The van der Waals surface area contributed by atoms with Crippen LogP contribution in [0.1, 0.15) is 26.7 Å². The van der Waals surface area contributed by atoms with Gasteiger partial charge in [0.1, 0.15) is 28.2 Å². The third-order valence-electron chi connectivity index (χ3n) is 4.75. The van der Waals surface area contributed by atoms with Crippen LogP contribution in [0.3, 0.4) is 0 Å². The van der Waals surface area contributed by atoms with Crippen LogP contribution in [0.25, 0.3) is 17.4 Å². The molecular weight excluding hydrogens is 452 g/mol. The van der Waals surface area contributed by atoms with Crippen molar-refractivity contribution in [3.05, 3.63) is 94.2 Å². The SMILES string of the molecule is COC(=O)c1ccc(-c2ccc(/C=C(/C#N)C(=O)Nc3nnc(Cc4ccccc4)s3)o2)cc1. The first-order valence-corrected chi connectivity index (χ1v) is 11.0. The van der Waals surface area contributed by atoms with Gasteiger partial charge in [-0.3, -0.25) is 10.1 Å². The van der Waals surface area contributed by atoms with Crippen molar-refractivity contribution in [2.75, 3.05) is 12.4 Å². The number of esters is 1. The fourth-order valence-electron chi connectivity index (χ4n) is 3.08. The molecule has 9 heteroatoms. The molecule has 4 rings (SSSR count). The number of nitriles is 1. The van der Waals surface area contributed by atoms with E-state index >= 15 is 0 Å². The number of ether oxygens (including phenoxy) is 1. The number of nitrogens with zero attached hydrogens (tertiary/aromatic N) is 3. The molecule has 2 heterocycles. The highest BCUT2D eigenvalue weighted by Gasteiger charge is 2.15. The van der Waals surface area contributed by atoms with Crippen molar-refractivity contribution in [3.63, 3.8) is 0 Å². The molecule has 0 radical (unpaired) electrons. The molecule has 4 aromatic rings. The van der Waals surface area contributed by atoms with Gasteiger partial charge < -0.3 is 9.15 Å². The van der Waals surface area contributed by atoms with Crippen LogP contribution in [0.5, 0.6) is 0 Å². The van der Waals surface area contributed by atoms with E-state index in [1.54, 1.807) is 36.4 Å². The van der Waals surface area contributed by atoms with Gasteiger partial charge in [0.2, 0.25) is 5.13 Å². The summed E-state index contributed by atoms with van der Waals surface area (Å²) < 4.78 is 10.4. The van der Waals surface area contributed by atoms with Gasteiger partial charge in [-0.15, -0.1) is 10.2 Å². The monoisotopic (exact) mass is 470 g/mol. The molecule has 8 nitrogen and oxygen atoms in total. The topological polar surface area (TPSA) is 118 Å². The Morgan fingerprint density at radius 1 is 1.09 bits per heavy atom. The molecule has 0 saturated heterocycles. The maximum atomic E-state index is 12.6. The van der Waals surface area contributed by atoms with Crippen LogP contribution in [0, 0.1) is 11.3 Å². The zero-order valence-corrected chi connectivity index (χ0v) is 18.8. The molecule has 0 bridgehead atoms. The summed E-state index contributed by atoms with van der Waals surface area (Å²) in [4.78, 5) is 24.1. The lowest BCUT2D eigenvalue weighted by molar-refractivity contribution is -0.112. The van der Waals surface area contributed by atoms with E-state index in [1.165, 1.54) is 24.5 Å². The highest BCUT2D eigenvalue weighted by atomic mass is 32.1. The highest BCUT2D eigenvalue weighted by molar-refractivity contribution is 7.15. The molecule has 1 N–H and O–H groups in total. The number of furan rings is 1. The fraction of sp³-hybridized carbons (Fsp3) is 0.0800. The molecule has 0 fully saturated rings. The van der Waals surface area contributed by atoms with Gasteiger partial charge in [0.05, 0.1) is 12.7 Å². The summed E-state index contributed by atoms with van der Waals surface area (Å²) in [5, 5.41) is 21.2. The third kappa shape index (κ3) is 5.43. The van der Waals surface area contributed by atoms with Crippen molar-refractivity contribution in [1.82, 2.24) is 10.2 Å². The van der Waals surface area contributed by atoms with Crippen molar-refractivity contribution >= 4 is 34.4 Å². The first kappa shape index (κ1) is 22.6. The molecule has 0 aliphatic carbocycles. The van der Waals surface area contributed by atoms with E-state index in [0.717, 1.165) is 16.1 Å². The van der Waals surface area contributed by atoms with Crippen molar-refractivity contribution in [2.45, 2.75) is 6.42 Å². The largest absolute Gasteiger partial charge is 0.465 e. The summed E-state index contributed by atoms with van der Waals surface area (Å²) in [6.07, 6.45) is 1.96. The predicted octanol–water partition coefficient (Wildman–Crippen LogP) is 4.72. The molecule has 2 aromatic carbocycles. The lowest BCUT2D eigenvalue weighted by Crippen LogP contribution is -2.13. The molecule has 0 atom stereocenters. The minimum Gasteiger partial charge on any atom is -0.465 e. The minimum atomic E-state index is -0.606. The number of carbonyl (C=O) groups is 2. The van der Waals surface area contributed by atoms with E-state index in [0.29, 0.717) is 28.6 Å². The quantitative estimate of drug-likeness (QED) is 0.236. The summed E-state index contributed by atoms with van der Waals surface area (Å²) in [6.45, 7) is 0. The number of aromatic nitrogens is 2. The summed E-state index contributed by atoms with van der Waals surface area (Å²) >= 11 is 1.25. The van der Waals surface area contributed by atoms with Gasteiger partial charge in [-0.25, -0.2) is 4.79 Å². The van der Waals surface area contributed by atoms with Gasteiger partial charge in [0.25, 0.3) is 5.91 Å².